The molecule has 0 bridgehead atoms. The van der Waals surface area contributed by atoms with Gasteiger partial charge in [0.25, 0.3) is 0 Å². The summed E-state index contributed by atoms with van der Waals surface area (Å²) in [4.78, 5) is 15.3. The summed E-state index contributed by atoms with van der Waals surface area (Å²) in [6, 6.07) is 6.41. The zero-order valence-corrected chi connectivity index (χ0v) is 16.2. The molecule has 1 saturated carbocycles. The molecule has 0 radical (unpaired) electrons. The molecule has 0 amide bonds. The van der Waals surface area contributed by atoms with Gasteiger partial charge in [-0.05, 0) is 37.5 Å². The predicted octanol–water partition coefficient (Wildman–Crippen LogP) is 2.01. The van der Waals surface area contributed by atoms with Crippen molar-refractivity contribution in [2.24, 2.45) is 7.05 Å². The molecule has 0 N–H and O–H groups in total. The van der Waals surface area contributed by atoms with E-state index in [4.69, 9.17) is 4.74 Å². The highest BCUT2D eigenvalue weighted by Gasteiger charge is 2.22. The van der Waals surface area contributed by atoms with Crippen molar-refractivity contribution >= 4 is 16.6 Å². The Bertz CT molecular complexity index is 960. The number of aromatic nitrogens is 5. The van der Waals surface area contributed by atoms with Crippen molar-refractivity contribution in [3.05, 3.63) is 36.4 Å². The number of ether oxygens (including phenoxy) is 1. The first-order valence-electron chi connectivity index (χ1n) is 9.98. The van der Waals surface area contributed by atoms with Crippen LogP contribution in [0, 0.1) is 0 Å². The molecule has 1 saturated heterocycles. The van der Waals surface area contributed by atoms with E-state index < -0.39 is 0 Å². The quantitative estimate of drug-likeness (QED) is 0.671. The smallest absolute Gasteiger partial charge is 0.224 e. The van der Waals surface area contributed by atoms with Gasteiger partial charge in [-0.15, -0.1) is 0 Å². The average Bonchev–Trinajstić information content (AvgIpc) is 3.09. The Hall–Kier alpha value is -2.74. The molecule has 8 heteroatoms. The van der Waals surface area contributed by atoms with Crippen molar-refractivity contribution in [3.63, 3.8) is 0 Å². The zero-order valence-electron chi connectivity index (χ0n) is 16.2. The molecular weight excluding hydrogens is 354 g/mol. The van der Waals surface area contributed by atoms with Crippen LogP contribution in [0.4, 0.5) is 5.69 Å². The van der Waals surface area contributed by atoms with Gasteiger partial charge in [0.05, 0.1) is 22.8 Å². The minimum absolute atomic E-state index is 0.311. The van der Waals surface area contributed by atoms with Gasteiger partial charge < -0.3 is 9.64 Å². The minimum atomic E-state index is 0.311. The zero-order chi connectivity index (χ0) is 18.9. The van der Waals surface area contributed by atoms with Crippen LogP contribution in [-0.2, 0) is 13.6 Å². The lowest BCUT2D eigenvalue weighted by Gasteiger charge is -2.35. The van der Waals surface area contributed by atoms with Crippen LogP contribution in [0.15, 0.2) is 30.7 Å². The first-order chi connectivity index (χ1) is 13.7. The highest BCUT2D eigenvalue weighted by Crippen LogP contribution is 2.31. The van der Waals surface area contributed by atoms with Gasteiger partial charge in [-0.2, -0.15) is 15.0 Å². The van der Waals surface area contributed by atoms with Crippen LogP contribution in [0.1, 0.15) is 25.0 Å². The van der Waals surface area contributed by atoms with E-state index in [0.29, 0.717) is 6.10 Å². The van der Waals surface area contributed by atoms with E-state index in [1.807, 2.05) is 13.2 Å². The molecule has 8 nitrogen and oxygen atoms in total. The molecule has 1 aliphatic heterocycles. The third-order valence-corrected chi connectivity index (χ3v) is 5.68. The topological polar surface area (TPSA) is 72.2 Å². The van der Waals surface area contributed by atoms with Crippen molar-refractivity contribution in [3.8, 4) is 5.88 Å². The molecule has 2 fully saturated rings. The molecule has 0 atom stereocenters. The molecule has 1 aliphatic carbocycles. The first kappa shape index (κ1) is 17.4. The maximum Gasteiger partial charge on any atom is 0.224 e. The minimum Gasteiger partial charge on any atom is -0.474 e. The normalized spacial score (nSPS) is 18.4. The molecule has 0 unspecified atom stereocenters. The number of anilines is 1. The number of hydrogen-bond donors (Lipinski definition) is 0. The molecule has 28 heavy (non-hydrogen) atoms. The Balaban J connectivity index is 1.29. The van der Waals surface area contributed by atoms with E-state index in [9.17, 15) is 0 Å². The van der Waals surface area contributed by atoms with Crippen molar-refractivity contribution in [2.75, 3.05) is 31.1 Å². The number of fused-ring (bicyclic) bond motifs is 1. The fraction of sp³-hybridized carbons (Fsp3) is 0.500. The van der Waals surface area contributed by atoms with Crippen LogP contribution in [0.2, 0.25) is 0 Å². The van der Waals surface area contributed by atoms with Gasteiger partial charge in [-0.1, -0.05) is 0 Å². The SMILES string of the molecule is Cn1ncc(CN2CCN(c3ccc4ncnc(OC5CCC5)c4c3)CC2)n1. The van der Waals surface area contributed by atoms with E-state index in [1.54, 1.807) is 11.1 Å². The van der Waals surface area contributed by atoms with Crippen LogP contribution in [-0.4, -0.2) is 62.1 Å². The van der Waals surface area contributed by atoms with Crippen molar-refractivity contribution in [1.82, 2.24) is 29.9 Å². The van der Waals surface area contributed by atoms with Crippen LogP contribution < -0.4 is 9.64 Å². The lowest BCUT2D eigenvalue weighted by molar-refractivity contribution is 0.116. The third-order valence-electron chi connectivity index (χ3n) is 5.68. The predicted molar refractivity (Wildman–Crippen MR) is 106 cm³/mol. The van der Waals surface area contributed by atoms with Crippen LogP contribution in [0.5, 0.6) is 5.88 Å². The Morgan fingerprint density at radius 1 is 1.11 bits per heavy atom. The van der Waals surface area contributed by atoms with Crippen molar-refractivity contribution in [1.29, 1.82) is 0 Å². The largest absolute Gasteiger partial charge is 0.474 e. The molecular formula is C20H25N7O. The molecule has 2 aliphatic rings. The van der Waals surface area contributed by atoms with Gasteiger partial charge in [0.15, 0.2) is 0 Å². The second-order valence-corrected chi connectivity index (χ2v) is 7.64. The van der Waals surface area contributed by atoms with E-state index in [-0.39, 0.29) is 0 Å². The molecule has 146 valence electrons. The molecule has 2 aromatic heterocycles. The number of rotatable bonds is 5. The number of nitrogens with zero attached hydrogens (tertiary/aromatic N) is 7. The van der Waals surface area contributed by atoms with Crippen molar-refractivity contribution < 1.29 is 4.74 Å². The molecule has 0 spiro atoms. The van der Waals surface area contributed by atoms with Gasteiger partial charge in [-0.25, -0.2) is 9.97 Å². The fourth-order valence-electron chi connectivity index (χ4n) is 3.81. The van der Waals surface area contributed by atoms with E-state index in [0.717, 1.165) is 68.0 Å². The number of aryl methyl sites for hydroxylation is 1. The number of benzene rings is 1. The third kappa shape index (κ3) is 3.52. The highest BCUT2D eigenvalue weighted by atomic mass is 16.5. The summed E-state index contributed by atoms with van der Waals surface area (Å²) in [5.41, 5.74) is 3.17. The molecule has 5 rings (SSSR count). The van der Waals surface area contributed by atoms with Gasteiger partial charge in [0.2, 0.25) is 5.88 Å². The van der Waals surface area contributed by atoms with Gasteiger partial charge in [0, 0.05) is 45.5 Å². The summed E-state index contributed by atoms with van der Waals surface area (Å²) in [6.45, 7) is 4.83. The monoisotopic (exact) mass is 379 g/mol. The summed E-state index contributed by atoms with van der Waals surface area (Å²) in [5, 5.41) is 9.55. The Labute approximate surface area is 164 Å². The van der Waals surface area contributed by atoms with Crippen molar-refractivity contribution in [2.45, 2.75) is 31.9 Å². The number of hydrogen-bond acceptors (Lipinski definition) is 7. The summed E-state index contributed by atoms with van der Waals surface area (Å²) < 4.78 is 6.10. The summed E-state index contributed by atoms with van der Waals surface area (Å²) >= 11 is 0. The Kier molecular flexibility index (Phi) is 4.56. The lowest BCUT2D eigenvalue weighted by atomic mass is 9.96. The second-order valence-electron chi connectivity index (χ2n) is 7.64. The molecule has 3 aromatic rings. The summed E-state index contributed by atoms with van der Waals surface area (Å²) in [5.74, 6) is 0.720. The maximum atomic E-state index is 6.10. The van der Waals surface area contributed by atoms with Gasteiger partial charge in [0.1, 0.15) is 12.4 Å². The summed E-state index contributed by atoms with van der Waals surface area (Å²) in [6.07, 6.45) is 7.25. The average molecular weight is 379 g/mol. The van der Waals surface area contributed by atoms with Crippen LogP contribution in [0.3, 0.4) is 0 Å². The molecule has 3 heterocycles. The van der Waals surface area contributed by atoms with E-state index in [1.165, 1.54) is 12.1 Å². The maximum absolute atomic E-state index is 6.10. The van der Waals surface area contributed by atoms with E-state index >= 15 is 0 Å². The highest BCUT2D eigenvalue weighted by molar-refractivity contribution is 5.86. The van der Waals surface area contributed by atoms with Crippen LogP contribution in [0.25, 0.3) is 10.9 Å². The van der Waals surface area contributed by atoms with E-state index in [2.05, 4.69) is 48.2 Å². The summed E-state index contributed by atoms with van der Waals surface area (Å²) in [7, 11) is 1.85. The first-order valence-corrected chi connectivity index (χ1v) is 9.98. The lowest BCUT2D eigenvalue weighted by Crippen LogP contribution is -2.46. The van der Waals surface area contributed by atoms with Gasteiger partial charge in [-0.3, -0.25) is 4.90 Å². The van der Waals surface area contributed by atoms with Gasteiger partial charge >= 0.3 is 0 Å². The second kappa shape index (κ2) is 7.35. The fourth-order valence-corrected chi connectivity index (χ4v) is 3.81. The number of piperazine rings is 1. The molecule has 1 aromatic carbocycles. The van der Waals surface area contributed by atoms with Crippen LogP contribution >= 0.6 is 0 Å². The Morgan fingerprint density at radius 3 is 2.68 bits per heavy atom. The standard InChI is InChI=1S/C20H25N7O/c1-25-23-12-15(24-25)13-26-7-9-27(10-8-26)16-5-6-19-18(11-16)20(22-14-21-19)28-17-3-2-4-17/h5-6,11-12,14,17H,2-4,7-10,13H2,1H3. The Morgan fingerprint density at radius 2 is 1.96 bits per heavy atom.